The number of amides is 3. The van der Waals surface area contributed by atoms with E-state index < -0.39 is 28.5 Å². The second-order valence-electron chi connectivity index (χ2n) is 6.55. The molecule has 0 radical (unpaired) electrons. The zero-order valence-electron chi connectivity index (χ0n) is 16.0. The highest BCUT2D eigenvalue weighted by Crippen LogP contribution is 2.33. The fraction of sp³-hybridized carbons (Fsp3) is 0.150. The van der Waals surface area contributed by atoms with Crippen molar-refractivity contribution in [2.45, 2.75) is 13.8 Å². The molecule has 8 nitrogen and oxygen atoms in total. The van der Waals surface area contributed by atoms with Gasteiger partial charge in [0.1, 0.15) is 11.6 Å². The van der Waals surface area contributed by atoms with E-state index in [4.69, 9.17) is 11.6 Å². The normalized spacial score (nSPS) is 15.0. The van der Waals surface area contributed by atoms with Crippen molar-refractivity contribution >= 4 is 57.9 Å². The van der Waals surface area contributed by atoms with Gasteiger partial charge >= 0.3 is 0 Å². The van der Waals surface area contributed by atoms with Crippen LogP contribution in [-0.4, -0.2) is 33.4 Å². The van der Waals surface area contributed by atoms with E-state index in [9.17, 15) is 24.5 Å². The van der Waals surface area contributed by atoms with Crippen LogP contribution in [0.5, 0.6) is 0 Å². The molecule has 0 spiro atoms. The molecule has 0 saturated carbocycles. The molecule has 0 unspecified atom stereocenters. The van der Waals surface area contributed by atoms with Gasteiger partial charge in [-0.1, -0.05) is 35.9 Å². The molecule has 1 aliphatic heterocycles. The first-order valence-electron chi connectivity index (χ1n) is 8.72. The second kappa shape index (κ2) is 8.68. The lowest BCUT2D eigenvalue weighted by molar-refractivity contribution is -0.384. The molecule has 1 N–H and O–H groups in total. The van der Waals surface area contributed by atoms with Crippen LogP contribution < -0.4 is 5.32 Å². The number of hydrogen-bond acceptors (Lipinski definition) is 6. The monoisotopic (exact) mass is 445 g/mol. The van der Waals surface area contributed by atoms with E-state index >= 15 is 0 Å². The first kappa shape index (κ1) is 21.5. The van der Waals surface area contributed by atoms with Crippen molar-refractivity contribution in [3.8, 4) is 0 Å². The summed E-state index contributed by atoms with van der Waals surface area (Å²) in [6, 6.07) is 9.60. The Hall–Kier alpha value is -3.17. The summed E-state index contributed by atoms with van der Waals surface area (Å²) in [7, 11) is 0. The summed E-state index contributed by atoms with van der Waals surface area (Å²) < 4.78 is 0. The molecule has 1 saturated heterocycles. The third kappa shape index (κ3) is 4.52. The molecule has 154 valence electrons. The molecule has 1 aliphatic rings. The van der Waals surface area contributed by atoms with Crippen molar-refractivity contribution in [3.63, 3.8) is 0 Å². The number of halogens is 1. The SMILES string of the molecule is Cc1cccc(C)c1NC(=O)CN1C(=O)S/C(=C\c2ccc(Cl)c([N+](=O)[O-])c2)C1=O. The third-order valence-corrected chi connectivity index (χ3v) is 5.61. The highest BCUT2D eigenvalue weighted by Gasteiger charge is 2.36. The molecule has 30 heavy (non-hydrogen) atoms. The lowest BCUT2D eigenvalue weighted by atomic mass is 10.1. The third-order valence-electron chi connectivity index (χ3n) is 4.39. The van der Waals surface area contributed by atoms with Gasteiger partial charge in [0.15, 0.2) is 0 Å². The van der Waals surface area contributed by atoms with Crippen molar-refractivity contribution in [2.75, 3.05) is 11.9 Å². The van der Waals surface area contributed by atoms with Gasteiger partial charge in [0, 0.05) is 11.8 Å². The summed E-state index contributed by atoms with van der Waals surface area (Å²) in [5.74, 6) is -1.14. The van der Waals surface area contributed by atoms with Crippen LogP contribution in [0, 0.1) is 24.0 Å². The fourth-order valence-electron chi connectivity index (χ4n) is 2.88. The molecule has 1 heterocycles. The maximum Gasteiger partial charge on any atom is 0.294 e. The van der Waals surface area contributed by atoms with Crippen LogP contribution in [0.3, 0.4) is 0 Å². The molecule has 10 heteroatoms. The molecule has 3 amide bonds. The Labute approximate surface area is 181 Å². The number of imide groups is 1. The standard InChI is InChI=1S/C20H16ClN3O5S/c1-11-4-3-5-12(2)18(11)22-17(25)10-23-19(26)16(30-20(23)27)9-13-6-7-14(21)15(8-13)24(28)29/h3-9H,10H2,1-2H3,(H,22,25)/b16-9-. The van der Waals surface area contributed by atoms with Crippen molar-refractivity contribution in [1.82, 2.24) is 4.90 Å². The van der Waals surface area contributed by atoms with Gasteiger partial charge in [-0.3, -0.25) is 29.4 Å². The lowest BCUT2D eigenvalue weighted by Crippen LogP contribution is -2.36. The Kier molecular flexibility index (Phi) is 6.23. The quantitative estimate of drug-likeness (QED) is 0.411. The van der Waals surface area contributed by atoms with Crippen molar-refractivity contribution in [1.29, 1.82) is 0 Å². The topological polar surface area (TPSA) is 110 Å². The summed E-state index contributed by atoms with van der Waals surface area (Å²) in [5, 5.41) is 13.1. The van der Waals surface area contributed by atoms with Crippen LogP contribution in [0.25, 0.3) is 6.08 Å². The van der Waals surface area contributed by atoms with E-state index in [0.29, 0.717) is 23.0 Å². The number of nitrogens with zero attached hydrogens (tertiary/aromatic N) is 2. The molecule has 2 aromatic rings. The van der Waals surface area contributed by atoms with E-state index in [1.807, 2.05) is 32.0 Å². The zero-order valence-corrected chi connectivity index (χ0v) is 17.5. The first-order chi connectivity index (χ1) is 14.2. The van der Waals surface area contributed by atoms with Gasteiger partial charge in [0.25, 0.3) is 16.8 Å². The fourth-order valence-corrected chi connectivity index (χ4v) is 3.91. The number of benzene rings is 2. The number of thioether (sulfide) groups is 1. The van der Waals surface area contributed by atoms with E-state index in [2.05, 4.69) is 5.32 Å². The van der Waals surface area contributed by atoms with Crippen molar-refractivity contribution in [2.24, 2.45) is 0 Å². The van der Waals surface area contributed by atoms with Gasteiger partial charge in [0.05, 0.1) is 9.83 Å². The number of para-hydroxylation sites is 1. The van der Waals surface area contributed by atoms with Crippen LogP contribution >= 0.6 is 23.4 Å². The largest absolute Gasteiger partial charge is 0.324 e. The molecular formula is C20H16ClN3O5S. The summed E-state index contributed by atoms with van der Waals surface area (Å²) in [5.41, 5.74) is 2.40. The minimum absolute atomic E-state index is 0.0339. The number of nitro benzene ring substituents is 1. The van der Waals surface area contributed by atoms with Gasteiger partial charge in [-0.25, -0.2) is 0 Å². The number of aryl methyl sites for hydroxylation is 2. The number of nitrogens with one attached hydrogen (secondary N) is 1. The Bertz CT molecular complexity index is 1100. The van der Waals surface area contributed by atoms with Crippen LogP contribution in [0.2, 0.25) is 5.02 Å². The smallest absolute Gasteiger partial charge is 0.294 e. The number of nitro groups is 1. The van der Waals surface area contributed by atoms with Crippen LogP contribution in [-0.2, 0) is 9.59 Å². The molecule has 0 aromatic heterocycles. The Morgan fingerprint density at radius 1 is 1.23 bits per heavy atom. The molecular weight excluding hydrogens is 430 g/mol. The van der Waals surface area contributed by atoms with Crippen molar-refractivity contribution < 1.29 is 19.3 Å². The van der Waals surface area contributed by atoms with Crippen molar-refractivity contribution in [3.05, 3.63) is 73.1 Å². The Balaban J connectivity index is 1.76. The van der Waals surface area contributed by atoms with Gasteiger partial charge in [-0.2, -0.15) is 0 Å². The average Bonchev–Trinajstić information content (AvgIpc) is 2.93. The van der Waals surface area contributed by atoms with E-state index in [1.165, 1.54) is 24.3 Å². The van der Waals surface area contributed by atoms with Crippen LogP contribution in [0.15, 0.2) is 41.3 Å². The zero-order chi connectivity index (χ0) is 22.0. The lowest BCUT2D eigenvalue weighted by Gasteiger charge is -2.15. The molecule has 0 atom stereocenters. The molecule has 3 rings (SSSR count). The van der Waals surface area contributed by atoms with Gasteiger partial charge in [-0.15, -0.1) is 0 Å². The Morgan fingerprint density at radius 2 is 1.90 bits per heavy atom. The average molecular weight is 446 g/mol. The summed E-state index contributed by atoms with van der Waals surface area (Å²) >= 11 is 6.45. The van der Waals surface area contributed by atoms with E-state index in [0.717, 1.165) is 16.0 Å². The maximum absolute atomic E-state index is 12.6. The number of carbonyl (C=O) groups excluding carboxylic acids is 3. The minimum atomic E-state index is -0.640. The number of hydrogen-bond donors (Lipinski definition) is 1. The van der Waals surface area contributed by atoms with Gasteiger partial charge in [0.2, 0.25) is 5.91 Å². The summed E-state index contributed by atoms with van der Waals surface area (Å²) in [6.45, 7) is 3.25. The summed E-state index contributed by atoms with van der Waals surface area (Å²) in [4.78, 5) is 48.6. The highest BCUT2D eigenvalue weighted by molar-refractivity contribution is 8.18. The van der Waals surface area contributed by atoms with Crippen LogP contribution in [0.1, 0.15) is 16.7 Å². The van der Waals surface area contributed by atoms with E-state index in [-0.39, 0.29) is 15.6 Å². The second-order valence-corrected chi connectivity index (χ2v) is 7.95. The molecule has 0 bridgehead atoms. The number of rotatable bonds is 5. The highest BCUT2D eigenvalue weighted by atomic mass is 35.5. The number of anilines is 1. The number of carbonyl (C=O) groups is 3. The molecule has 2 aromatic carbocycles. The molecule has 1 fully saturated rings. The van der Waals surface area contributed by atoms with E-state index in [1.54, 1.807) is 0 Å². The predicted octanol–water partition coefficient (Wildman–Crippen LogP) is 4.54. The Morgan fingerprint density at radius 3 is 2.53 bits per heavy atom. The van der Waals surface area contributed by atoms with Crippen LogP contribution in [0.4, 0.5) is 16.2 Å². The first-order valence-corrected chi connectivity index (χ1v) is 9.92. The predicted molar refractivity (Wildman–Crippen MR) is 115 cm³/mol. The maximum atomic E-state index is 12.6. The van der Waals surface area contributed by atoms with Gasteiger partial charge < -0.3 is 5.32 Å². The summed E-state index contributed by atoms with van der Waals surface area (Å²) in [6.07, 6.45) is 1.36. The molecule has 0 aliphatic carbocycles. The van der Waals surface area contributed by atoms with Gasteiger partial charge in [-0.05, 0) is 54.4 Å². The minimum Gasteiger partial charge on any atom is -0.324 e.